The molecule has 0 bridgehead atoms. The molecule has 0 saturated carbocycles. The van der Waals surface area contributed by atoms with Gasteiger partial charge in [0, 0.05) is 36.8 Å². The molecular formula is C25H28Cl2FN3O2. The third-order valence-electron chi connectivity index (χ3n) is 6.63. The zero-order chi connectivity index (χ0) is 24.3. The third-order valence-corrected chi connectivity index (χ3v) is 7.17. The fraction of sp³-hybridized carbons (Fsp3) is 0.440. The average Bonchev–Trinajstić information content (AvgIpc) is 3.17. The van der Waals surface area contributed by atoms with E-state index in [1.165, 1.54) is 17.0 Å². The lowest BCUT2D eigenvalue weighted by molar-refractivity contribution is -0.131. The molecule has 0 aromatic heterocycles. The van der Waals surface area contributed by atoms with Gasteiger partial charge in [0.1, 0.15) is 11.2 Å². The molecule has 176 valence electrons. The maximum atomic E-state index is 14.6. The second kappa shape index (κ2) is 8.26. The van der Waals surface area contributed by atoms with Gasteiger partial charge < -0.3 is 15.5 Å². The topological polar surface area (TPSA) is 61.4 Å². The Bertz CT molecular complexity index is 1130. The standard InChI is InChI=1S/C25H28Cl2FN3O2/c1-24(2,3)12-19-25(15-8-7-14(26)11-18(15)29-23(25)33)20(21(30-19)22(32)31(4)5)13-6-9-16(27)17(28)10-13/h6-11,19-21,30H,12H2,1-5H3,(H,29,33). The van der Waals surface area contributed by atoms with Crippen molar-refractivity contribution in [3.8, 4) is 0 Å². The summed E-state index contributed by atoms with van der Waals surface area (Å²) in [5, 5.41) is 6.97. The predicted molar refractivity (Wildman–Crippen MR) is 129 cm³/mol. The number of benzene rings is 2. The zero-order valence-electron chi connectivity index (χ0n) is 19.3. The fourth-order valence-corrected chi connectivity index (χ4v) is 5.68. The Kier molecular flexibility index (Phi) is 6.00. The van der Waals surface area contributed by atoms with Crippen molar-refractivity contribution >= 4 is 40.7 Å². The predicted octanol–water partition coefficient (Wildman–Crippen LogP) is 4.97. The SMILES string of the molecule is CN(C)C(=O)C1NC(CC(C)(C)C)C2(C(=O)Nc3cc(Cl)ccc32)C1c1ccc(Cl)c(F)c1. The van der Waals surface area contributed by atoms with Crippen molar-refractivity contribution in [2.45, 2.75) is 50.6 Å². The second-order valence-corrected chi connectivity index (χ2v) is 11.2. The van der Waals surface area contributed by atoms with E-state index in [2.05, 4.69) is 31.4 Å². The summed E-state index contributed by atoms with van der Waals surface area (Å²) in [6.07, 6.45) is 0.617. The zero-order valence-corrected chi connectivity index (χ0v) is 20.8. The Morgan fingerprint density at radius 1 is 1.15 bits per heavy atom. The molecule has 1 spiro atoms. The molecule has 2 aromatic carbocycles. The molecule has 4 rings (SSSR count). The number of fused-ring (bicyclic) bond motifs is 2. The van der Waals surface area contributed by atoms with Crippen LogP contribution in [0.5, 0.6) is 0 Å². The van der Waals surface area contributed by atoms with Crippen LogP contribution in [0.1, 0.15) is 44.2 Å². The first-order valence-electron chi connectivity index (χ1n) is 10.9. The molecule has 2 N–H and O–H groups in total. The molecule has 5 nitrogen and oxygen atoms in total. The lowest BCUT2D eigenvalue weighted by Gasteiger charge is -2.37. The van der Waals surface area contributed by atoms with Crippen molar-refractivity contribution in [1.29, 1.82) is 0 Å². The molecule has 0 aliphatic carbocycles. The molecule has 1 fully saturated rings. The van der Waals surface area contributed by atoms with Gasteiger partial charge in [-0.15, -0.1) is 0 Å². The van der Waals surface area contributed by atoms with E-state index in [9.17, 15) is 14.0 Å². The highest BCUT2D eigenvalue weighted by atomic mass is 35.5. The summed E-state index contributed by atoms with van der Waals surface area (Å²) < 4.78 is 14.6. The maximum absolute atomic E-state index is 14.6. The molecule has 4 atom stereocenters. The molecule has 1 saturated heterocycles. The van der Waals surface area contributed by atoms with Crippen molar-refractivity contribution in [1.82, 2.24) is 10.2 Å². The number of anilines is 1. The quantitative estimate of drug-likeness (QED) is 0.636. The molecule has 2 amide bonds. The van der Waals surface area contributed by atoms with Gasteiger partial charge in [-0.05, 0) is 47.2 Å². The first kappa shape index (κ1) is 24.0. The number of rotatable bonds is 3. The number of nitrogens with zero attached hydrogens (tertiary/aromatic N) is 1. The van der Waals surface area contributed by atoms with Gasteiger partial charge in [0.2, 0.25) is 11.8 Å². The largest absolute Gasteiger partial charge is 0.347 e. The van der Waals surface area contributed by atoms with E-state index in [0.29, 0.717) is 22.7 Å². The summed E-state index contributed by atoms with van der Waals surface area (Å²) in [6, 6.07) is 8.72. The van der Waals surface area contributed by atoms with E-state index in [4.69, 9.17) is 23.2 Å². The van der Waals surface area contributed by atoms with Crippen LogP contribution in [-0.4, -0.2) is 42.9 Å². The lowest BCUT2D eigenvalue weighted by atomic mass is 9.62. The van der Waals surface area contributed by atoms with Gasteiger partial charge in [-0.3, -0.25) is 9.59 Å². The Morgan fingerprint density at radius 3 is 2.45 bits per heavy atom. The molecule has 2 aliphatic rings. The molecule has 8 heteroatoms. The maximum Gasteiger partial charge on any atom is 0.239 e. The van der Waals surface area contributed by atoms with Crippen molar-refractivity contribution in [2.75, 3.05) is 19.4 Å². The molecule has 33 heavy (non-hydrogen) atoms. The van der Waals surface area contributed by atoms with E-state index >= 15 is 0 Å². The summed E-state index contributed by atoms with van der Waals surface area (Å²) in [5.41, 5.74) is 0.633. The molecule has 2 heterocycles. The first-order valence-corrected chi connectivity index (χ1v) is 11.7. The van der Waals surface area contributed by atoms with Crippen LogP contribution in [0, 0.1) is 11.2 Å². The van der Waals surface area contributed by atoms with Crippen molar-refractivity contribution in [3.05, 3.63) is 63.4 Å². The summed E-state index contributed by atoms with van der Waals surface area (Å²) in [5.74, 6) is -1.65. The van der Waals surface area contributed by atoms with Gasteiger partial charge in [0.25, 0.3) is 0 Å². The number of amides is 2. The average molecular weight is 492 g/mol. The lowest BCUT2D eigenvalue weighted by Crippen LogP contribution is -2.49. The molecule has 4 unspecified atom stereocenters. The van der Waals surface area contributed by atoms with Crippen LogP contribution in [0.15, 0.2) is 36.4 Å². The monoisotopic (exact) mass is 491 g/mol. The summed E-state index contributed by atoms with van der Waals surface area (Å²) >= 11 is 12.2. The van der Waals surface area contributed by atoms with E-state index < -0.39 is 23.2 Å². The highest BCUT2D eigenvalue weighted by Gasteiger charge is 2.65. The minimum atomic E-state index is -1.14. The normalized spacial score (nSPS) is 26.4. The van der Waals surface area contributed by atoms with Crippen LogP contribution >= 0.6 is 23.2 Å². The van der Waals surface area contributed by atoms with Gasteiger partial charge >= 0.3 is 0 Å². The van der Waals surface area contributed by atoms with Crippen LogP contribution in [0.4, 0.5) is 10.1 Å². The minimum Gasteiger partial charge on any atom is -0.347 e. The van der Waals surface area contributed by atoms with E-state index in [1.54, 1.807) is 32.3 Å². The number of carbonyl (C=O) groups is 2. The Balaban J connectivity index is 2.02. The third kappa shape index (κ3) is 3.92. The van der Waals surface area contributed by atoms with Gasteiger partial charge in [-0.1, -0.05) is 56.1 Å². The van der Waals surface area contributed by atoms with Crippen molar-refractivity contribution in [3.63, 3.8) is 0 Å². The number of hydrogen-bond donors (Lipinski definition) is 2. The summed E-state index contributed by atoms with van der Waals surface area (Å²) in [6.45, 7) is 6.28. The summed E-state index contributed by atoms with van der Waals surface area (Å²) in [7, 11) is 3.35. The van der Waals surface area contributed by atoms with Crippen LogP contribution in [0.25, 0.3) is 0 Å². The number of likely N-dealkylation sites (N-methyl/N-ethyl adjacent to an activating group) is 1. The molecule has 2 aromatic rings. The van der Waals surface area contributed by atoms with Crippen LogP contribution in [-0.2, 0) is 15.0 Å². The minimum absolute atomic E-state index is 0.0106. The number of carbonyl (C=O) groups excluding carboxylic acids is 2. The smallest absolute Gasteiger partial charge is 0.239 e. The van der Waals surface area contributed by atoms with E-state index in [0.717, 1.165) is 5.56 Å². The Hall–Kier alpha value is -2.15. The number of hydrogen-bond acceptors (Lipinski definition) is 3. The van der Waals surface area contributed by atoms with Crippen LogP contribution < -0.4 is 10.6 Å². The first-order chi connectivity index (χ1) is 15.4. The van der Waals surface area contributed by atoms with Gasteiger partial charge in [-0.25, -0.2) is 4.39 Å². The Morgan fingerprint density at radius 2 is 1.85 bits per heavy atom. The van der Waals surface area contributed by atoms with Gasteiger partial charge in [0.15, 0.2) is 0 Å². The number of halogens is 3. The van der Waals surface area contributed by atoms with Gasteiger partial charge in [0.05, 0.1) is 11.1 Å². The summed E-state index contributed by atoms with van der Waals surface area (Å²) in [4.78, 5) is 28.8. The van der Waals surface area contributed by atoms with Gasteiger partial charge in [-0.2, -0.15) is 0 Å². The van der Waals surface area contributed by atoms with Crippen LogP contribution in [0.3, 0.4) is 0 Å². The van der Waals surface area contributed by atoms with Crippen molar-refractivity contribution < 1.29 is 14.0 Å². The number of nitrogens with one attached hydrogen (secondary N) is 2. The molecular weight excluding hydrogens is 464 g/mol. The second-order valence-electron chi connectivity index (χ2n) is 10.4. The Labute approximate surface area is 203 Å². The van der Waals surface area contributed by atoms with Crippen LogP contribution in [0.2, 0.25) is 10.0 Å². The highest BCUT2D eigenvalue weighted by molar-refractivity contribution is 6.31. The van der Waals surface area contributed by atoms with Crippen molar-refractivity contribution in [2.24, 2.45) is 5.41 Å². The fourth-order valence-electron chi connectivity index (χ4n) is 5.39. The molecule has 2 aliphatic heterocycles. The molecule has 0 radical (unpaired) electrons. The van der Waals surface area contributed by atoms with E-state index in [1.807, 2.05) is 6.07 Å². The van der Waals surface area contributed by atoms with E-state index in [-0.39, 0.29) is 28.3 Å². The highest BCUT2D eigenvalue weighted by Crippen LogP contribution is 2.56.